The third-order valence-electron chi connectivity index (χ3n) is 4.09. The Morgan fingerprint density at radius 3 is 2.71 bits per heavy atom. The van der Waals surface area contributed by atoms with E-state index in [1.807, 2.05) is 6.07 Å². The molecule has 1 aliphatic rings. The maximum atomic E-state index is 13.7. The Kier molecular flexibility index (Phi) is 5.00. The van der Waals surface area contributed by atoms with Crippen molar-refractivity contribution in [3.63, 3.8) is 0 Å². The molecule has 2 rings (SSSR count). The van der Waals surface area contributed by atoms with Crippen molar-refractivity contribution in [2.24, 2.45) is 5.73 Å². The van der Waals surface area contributed by atoms with Crippen molar-refractivity contribution in [1.82, 2.24) is 9.80 Å². The number of piperazine rings is 1. The van der Waals surface area contributed by atoms with Gasteiger partial charge in [-0.3, -0.25) is 9.80 Å². The highest BCUT2D eigenvalue weighted by Gasteiger charge is 2.30. The number of halogens is 1. The first kappa shape index (κ1) is 16.0. The summed E-state index contributed by atoms with van der Waals surface area (Å²) < 4.78 is 13.7. The third-order valence-corrected chi connectivity index (χ3v) is 4.09. The predicted octanol–water partition coefficient (Wildman–Crippen LogP) is 1.66. The van der Waals surface area contributed by atoms with Gasteiger partial charge in [-0.05, 0) is 44.7 Å². The monoisotopic (exact) mass is 289 g/mol. The molecule has 3 nitrogen and oxygen atoms in total. The maximum Gasteiger partial charge on any atom is 0.124 e. The van der Waals surface area contributed by atoms with Crippen molar-refractivity contribution >= 4 is 0 Å². The molecule has 21 heavy (non-hydrogen) atoms. The number of hydrogen-bond donors (Lipinski definition) is 1. The summed E-state index contributed by atoms with van der Waals surface area (Å²) in [5, 5.41) is 0. The first-order valence-corrected chi connectivity index (χ1v) is 7.33. The molecule has 114 valence electrons. The van der Waals surface area contributed by atoms with Gasteiger partial charge in [-0.2, -0.15) is 0 Å². The first-order chi connectivity index (χ1) is 9.90. The van der Waals surface area contributed by atoms with E-state index in [-0.39, 0.29) is 11.4 Å². The molecule has 0 unspecified atom stereocenters. The highest BCUT2D eigenvalue weighted by molar-refractivity contribution is 5.38. The zero-order valence-electron chi connectivity index (χ0n) is 13.1. The van der Waals surface area contributed by atoms with Gasteiger partial charge in [0.25, 0.3) is 0 Å². The van der Waals surface area contributed by atoms with Crippen LogP contribution in [0, 0.1) is 17.7 Å². The van der Waals surface area contributed by atoms with E-state index in [4.69, 9.17) is 5.73 Å². The van der Waals surface area contributed by atoms with Crippen molar-refractivity contribution in [3.05, 3.63) is 35.1 Å². The number of nitrogens with two attached hydrogens (primary N) is 1. The van der Waals surface area contributed by atoms with Gasteiger partial charge in [-0.15, -0.1) is 0 Å². The van der Waals surface area contributed by atoms with Gasteiger partial charge >= 0.3 is 0 Å². The topological polar surface area (TPSA) is 32.5 Å². The van der Waals surface area contributed by atoms with Crippen LogP contribution in [0.25, 0.3) is 0 Å². The van der Waals surface area contributed by atoms with Gasteiger partial charge in [0.2, 0.25) is 0 Å². The fraction of sp³-hybridized carbons (Fsp3) is 0.529. The summed E-state index contributed by atoms with van der Waals surface area (Å²) in [7, 11) is 2.15. The minimum Gasteiger partial charge on any atom is -0.320 e. The third kappa shape index (κ3) is 4.28. The van der Waals surface area contributed by atoms with Crippen molar-refractivity contribution < 1.29 is 4.39 Å². The normalized spacial score (nSPS) is 19.1. The van der Waals surface area contributed by atoms with E-state index in [0.717, 1.165) is 31.7 Å². The van der Waals surface area contributed by atoms with E-state index in [2.05, 4.69) is 42.5 Å². The lowest BCUT2D eigenvalue weighted by Gasteiger charge is -2.45. The van der Waals surface area contributed by atoms with Crippen molar-refractivity contribution in [1.29, 1.82) is 0 Å². The Morgan fingerprint density at radius 1 is 1.29 bits per heavy atom. The number of nitrogens with zero attached hydrogens (tertiary/aromatic N) is 2. The van der Waals surface area contributed by atoms with Gasteiger partial charge < -0.3 is 5.73 Å². The van der Waals surface area contributed by atoms with Gasteiger partial charge in [-0.25, -0.2) is 4.39 Å². The molecular weight excluding hydrogens is 265 g/mol. The molecular formula is C17H24FN3. The molecule has 1 saturated heterocycles. The average molecular weight is 289 g/mol. The van der Waals surface area contributed by atoms with Gasteiger partial charge in [0.1, 0.15) is 5.82 Å². The molecule has 0 atom stereocenters. The van der Waals surface area contributed by atoms with Crippen molar-refractivity contribution in [2.75, 3.05) is 33.2 Å². The Bertz CT molecular complexity index is 557. The number of benzene rings is 1. The molecule has 1 aromatic carbocycles. The molecule has 1 aliphatic heterocycles. The predicted molar refractivity (Wildman–Crippen MR) is 84.3 cm³/mol. The van der Waals surface area contributed by atoms with Gasteiger partial charge in [0, 0.05) is 37.3 Å². The summed E-state index contributed by atoms with van der Waals surface area (Å²) >= 11 is 0. The van der Waals surface area contributed by atoms with E-state index in [9.17, 15) is 4.39 Å². The van der Waals surface area contributed by atoms with Gasteiger partial charge in [0.05, 0.1) is 6.54 Å². The lowest BCUT2D eigenvalue weighted by atomic mass is 9.99. The first-order valence-electron chi connectivity index (χ1n) is 7.33. The van der Waals surface area contributed by atoms with Gasteiger partial charge in [-0.1, -0.05) is 11.8 Å². The summed E-state index contributed by atoms with van der Waals surface area (Å²) in [6.45, 7) is 8.53. The van der Waals surface area contributed by atoms with Crippen LogP contribution in [0.5, 0.6) is 0 Å². The van der Waals surface area contributed by atoms with Crippen molar-refractivity contribution in [2.45, 2.75) is 25.9 Å². The summed E-state index contributed by atoms with van der Waals surface area (Å²) in [6, 6.07) is 5.01. The minimum atomic E-state index is -0.234. The second-order valence-corrected chi connectivity index (χ2v) is 6.30. The van der Waals surface area contributed by atoms with Crippen LogP contribution in [0.4, 0.5) is 4.39 Å². The Balaban J connectivity index is 2.11. The van der Waals surface area contributed by atoms with Crippen LogP contribution < -0.4 is 5.73 Å². The minimum absolute atomic E-state index is 0.147. The van der Waals surface area contributed by atoms with Crippen LogP contribution in [0.1, 0.15) is 25.0 Å². The lowest BCUT2D eigenvalue weighted by Crippen LogP contribution is -2.57. The van der Waals surface area contributed by atoms with Crippen LogP contribution >= 0.6 is 0 Å². The molecule has 2 N–H and O–H groups in total. The summed E-state index contributed by atoms with van der Waals surface area (Å²) in [5.74, 6) is 5.44. The summed E-state index contributed by atoms with van der Waals surface area (Å²) in [5.41, 5.74) is 7.18. The number of hydrogen-bond acceptors (Lipinski definition) is 3. The van der Waals surface area contributed by atoms with E-state index in [0.29, 0.717) is 12.1 Å². The average Bonchev–Trinajstić information content (AvgIpc) is 2.40. The molecule has 0 aromatic heterocycles. The highest BCUT2D eigenvalue weighted by atomic mass is 19.1. The molecule has 0 saturated carbocycles. The van der Waals surface area contributed by atoms with E-state index in [1.54, 1.807) is 6.07 Å². The number of likely N-dealkylation sites (N-methyl/N-ethyl adjacent to an activating group) is 1. The SMILES string of the molecule is CN1CCN(Cc2cc(F)cc(C#CCN)c2)CC1(C)C. The fourth-order valence-corrected chi connectivity index (χ4v) is 2.70. The molecule has 0 radical (unpaired) electrons. The molecule has 1 fully saturated rings. The molecule has 0 amide bonds. The van der Waals surface area contributed by atoms with Crippen LogP contribution in [0.3, 0.4) is 0 Å². The van der Waals surface area contributed by atoms with Crippen molar-refractivity contribution in [3.8, 4) is 11.8 Å². The second-order valence-electron chi connectivity index (χ2n) is 6.30. The summed E-state index contributed by atoms with van der Waals surface area (Å²) in [6.07, 6.45) is 0. The number of rotatable bonds is 2. The lowest BCUT2D eigenvalue weighted by molar-refractivity contribution is 0.0360. The van der Waals surface area contributed by atoms with E-state index < -0.39 is 0 Å². The Hall–Kier alpha value is -1.41. The largest absolute Gasteiger partial charge is 0.320 e. The van der Waals surface area contributed by atoms with Crippen LogP contribution in [0.15, 0.2) is 18.2 Å². The molecule has 0 bridgehead atoms. The Morgan fingerprint density at radius 2 is 2.05 bits per heavy atom. The van der Waals surface area contributed by atoms with E-state index in [1.165, 1.54) is 6.07 Å². The molecule has 1 aromatic rings. The van der Waals surface area contributed by atoms with Crippen LogP contribution in [-0.2, 0) is 6.54 Å². The standard InChI is InChI=1S/C17H24FN3/c1-17(2)13-21(8-7-20(17)3)12-15-9-14(5-4-6-19)10-16(18)11-15/h9-11H,6-8,12-13,19H2,1-3H3. The molecule has 4 heteroatoms. The quantitative estimate of drug-likeness (QED) is 0.841. The van der Waals surface area contributed by atoms with Gasteiger partial charge in [0.15, 0.2) is 0 Å². The molecule has 0 aliphatic carbocycles. The fourth-order valence-electron chi connectivity index (χ4n) is 2.70. The van der Waals surface area contributed by atoms with E-state index >= 15 is 0 Å². The van der Waals surface area contributed by atoms with Crippen LogP contribution in [0.2, 0.25) is 0 Å². The highest BCUT2D eigenvalue weighted by Crippen LogP contribution is 2.21. The van der Waals surface area contributed by atoms with Crippen LogP contribution in [-0.4, -0.2) is 48.6 Å². The summed E-state index contributed by atoms with van der Waals surface area (Å²) in [4.78, 5) is 4.74. The maximum absolute atomic E-state index is 13.7. The zero-order valence-corrected chi connectivity index (χ0v) is 13.1. The zero-order chi connectivity index (χ0) is 15.5. The molecule has 0 spiro atoms. The molecule has 1 heterocycles. The smallest absolute Gasteiger partial charge is 0.124 e. The Labute approximate surface area is 126 Å². The second kappa shape index (κ2) is 6.57.